The highest BCUT2D eigenvalue weighted by atomic mass is 16.5. The van der Waals surface area contributed by atoms with Crippen molar-refractivity contribution in [3.05, 3.63) is 107 Å². The summed E-state index contributed by atoms with van der Waals surface area (Å²) in [6.07, 6.45) is 9.51. The van der Waals surface area contributed by atoms with Crippen LogP contribution in [0.5, 0.6) is 0 Å². The number of benzene rings is 3. The third-order valence-electron chi connectivity index (χ3n) is 6.45. The predicted molar refractivity (Wildman–Crippen MR) is 134 cm³/mol. The van der Waals surface area contributed by atoms with Crippen LogP contribution in [0, 0.1) is 0 Å². The average Bonchev–Trinajstić information content (AvgIpc) is 2.85. The van der Waals surface area contributed by atoms with Crippen molar-refractivity contribution in [2.75, 3.05) is 7.11 Å². The Kier molecular flexibility index (Phi) is 9.71. The molecule has 0 amide bonds. The minimum absolute atomic E-state index is 0.304. The molecular formula is C30H36O3. The van der Waals surface area contributed by atoms with Crippen molar-refractivity contribution in [3.8, 4) is 0 Å². The van der Waals surface area contributed by atoms with Gasteiger partial charge in [0.2, 0.25) is 0 Å². The molecular weight excluding hydrogens is 408 g/mol. The van der Waals surface area contributed by atoms with Crippen LogP contribution in [-0.2, 0) is 34.4 Å². The fraction of sp³-hybridized carbons (Fsp3) is 0.367. The first-order chi connectivity index (χ1) is 16.2. The van der Waals surface area contributed by atoms with Crippen LogP contribution in [0.25, 0.3) is 0 Å². The van der Waals surface area contributed by atoms with Crippen LogP contribution in [-0.4, -0.2) is 18.2 Å². The number of carboxylic acid groups (broad SMARTS) is 1. The fourth-order valence-electron chi connectivity index (χ4n) is 4.57. The van der Waals surface area contributed by atoms with E-state index in [9.17, 15) is 9.90 Å². The number of carboxylic acids is 1. The molecule has 1 N–H and O–H groups in total. The fourth-order valence-corrected chi connectivity index (χ4v) is 4.57. The van der Waals surface area contributed by atoms with Crippen LogP contribution in [0.15, 0.2) is 84.9 Å². The molecule has 3 rings (SSSR count). The molecule has 0 spiro atoms. The molecule has 3 aromatic rings. The quantitative estimate of drug-likeness (QED) is 0.273. The molecule has 0 heterocycles. The Morgan fingerprint density at radius 3 is 1.82 bits per heavy atom. The van der Waals surface area contributed by atoms with E-state index in [1.807, 2.05) is 48.5 Å². The monoisotopic (exact) mass is 444 g/mol. The highest BCUT2D eigenvalue weighted by molar-refractivity contribution is 5.80. The van der Waals surface area contributed by atoms with Gasteiger partial charge < -0.3 is 9.84 Å². The van der Waals surface area contributed by atoms with E-state index in [-0.39, 0.29) is 0 Å². The standard InChI is InChI=1S/C30H36O3/c1-33-30(29(31)32,24-26-19-11-7-12-20-26)28-23-15-14-22-27(28)21-13-5-3-2-4-8-16-25-17-9-6-10-18-25/h6-7,9-12,14-15,17-20,22-23H,2-5,8,13,16,21,24H2,1H3,(H,31,32). The first-order valence-corrected chi connectivity index (χ1v) is 12.1. The van der Waals surface area contributed by atoms with E-state index in [4.69, 9.17) is 4.74 Å². The molecule has 0 aromatic heterocycles. The number of unbranched alkanes of at least 4 members (excludes halogenated alkanes) is 5. The Morgan fingerprint density at radius 2 is 1.21 bits per heavy atom. The summed E-state index contributed by atoms with van der Waals surface area (Å²) in [6, 6.07) is 28.3. The van der Waals surface area contributed by atoms with E-state index in [1.165, 1.54) is 38.4 Å². The molecule has 3 nitrogen and oxygen atoms in total. The summed E-state index contributed by atoms with van der Waals surface area (Å²) in [5, 5.41) is 10.2. The molecule has 3 heteroatoms. The van der Waals surface area contributed by atoms with Crippen LogP contribution >= 0.6 is 0 Å². The summed E-state index contributed by atoms with van der Waals surface area (Å²) < 4.78 is 5.74. The second-order valence-electron chi connectivity index (χ2n) is 8.76. The van der Waals surface area contributed by atoms with Crippen molar-refractivity contribution < 1.29 is 14.6 Å². The summed E-state index contributed by atoms with van der Waals surface area (Å²) in [5.74, 6) is -0.945. The van der Waals surface area contributed by atoms with Gasteiger partial charge in [0.15, 0.2) is 5.60 Å². The number of hydrogen-bond donors (Lipinski definition) is 1. The van der Waals surface area contributed by atoms with Crippen molar-refractivity contribution in [3.63, 3.8) is 0 Å². The summed E-state index contributed by atoms with van der Waals surface area (Å²) in [4.78, 5) is 12.5. The zero-order chi connectivity index (χ0) is 23.4. The molecule has 1 atom stereocenters. The van der Waals surface area contributed by atoms with Gasteiger partial charge in [-0.1, -0.05) is 111 Å². The van der Waals surface area contributed by atoms with E-state index in [0.29, 0.717) is 6.42 Å². The Morgan fingerprint density at radius 1 is 0.697 bits per heavy atom. The molecule has 3 aromatic carbocycles. The SMILES string of the molecule is COC(Cc1ccccc1)(C(=O)O)c1ccccc1CCCCCCCCc1ccccc1. The number of methoxy groups -OCH3 is 1. The lowest BCUT2D eigenvalue weighted by molar-refractivity contribution is -0.163. The third kappa shape index (κ3) is 7.03. The largest absolute Gasteiger partial charge is 0.479 e. The van der Waals surface area contributed by atoms with Gasteiger partial charge >= 0.3 is 5.97 Å². The van der Waals surface area contributed by atoms with Gasteiger partial charge in [-0.05, 0) is 47.9 Å². The number of hydrogen-bond acceptors (Lipinski definition) is 2. The Hall–Kier alpha value is -2.91. The molecule has 0 aliphatic heterocycles. The molecule has 0 radical (unpaired) electrons. The van der Waals surface area contributed by atoms with Gasteiger partial charge in [0.1, 0.15) is 0 Å². The third-order valence-corrected chi connectivity index (χ3v) is 6.45. The summed E-state index contributed by atoms with van der Waals surface area (Å²) in [7, 11) is 1.50. The van der Waals surface area contributed by atoms with Gasteiger partial charge in [-0.2, -0.15) is 0 Å². The lowest BCUT2D eigenvalue weighted by atomic mass is 9.83. The maximum atomic E-state index is 12.5. The Labute approximate surface area is 198 Å². The normalized spacial score (nSPS) is 12.9. The van der Waals surface area contributed by atoms with Crippen molar-refractivity contribution in [2.24, 2.45) is 0 Å². The van der Waals surface area contributed by atoms with Gasteiger partial charge in [0.25, 0.3) is 0 Å². The van der Waals surface area contributed by atoms with Crippen molar-refractivity contribution >= 4 is 5.97 Å². The number of aryl methyl sites for hydroxylation is 2. The summed E-state index contributed by atoms with van der Waals surface area (Å²) >= 11 is 0. The highest BCUT2D eigenvalue weighted by Crippen LogP contribution is 2.33. The second kappa shape index (κ2) is 13.0. The van der Waals surface area contributed by atoms with Gasteiger partial charge in [-0.3, -0.25) is 0 Å². The first kappa shape index (κ1) is 24.7. The maximum absolute atomic E-state index is 12.5. The topological polar surface area (TPSA) is 46.5 Å². The van der Waals surface area contributed by atoms with Gasteiger partial charge in [-0.15, -0.1) is 0 Å². The van der Waals surface area contributed by atoms with E-state index >= 15 is 0 Å². The van der Waals surface area contributed by atoms with Crippen molar-refractivity contribution in [2.45, 2.75) is 63.4 Å². The van der Waals surface area contributed by atoms with Gasteiger partial charge in [0, 0.05) is 13.5 Å². The van der Waals surface area contributed by atoms with Crippen molar-refractivity contribution in [1.29, 1.82) is 0 Å². The lowest BCUT2D eigenvalue weighted by Crippen LogP contribution is -2.41. The first-order valence-electron chi connectivity index (χ1n) is 12.1. The average molecular weight is 445 g/mol. The second-order valence-corrected chi connectivity index (χ2v) is 8.76. The van der Waals surface area contributed by atoms with E-state index in [2.05, 4.69) is 36.4 Å². The number of rotatable bonds is 14. The molecule has 0 aliphatic rings. The van der Waals surface area contributed by atoms with Crippen LogP contribution < -0.4 is 0 Å². The zero-order valence-corrected chi connectivity index (χ0v) is 19.7. The molecule has 0 fully saturated rings. The summed E-state index contributed by atoms with van der Waals surface area (Å²) in [6.45, 7) is 0. The minimum atomic E-state index is -1.38. The molecule has 33 heavy (non-hydrogen) atoms. The molecule has 0 saturated heterocycles. The number of ether oxygens (including phenoxy) is 1. The lowest BCUT2D eigenvalue weighted by Gasteiger charge is -2.30. The van der Waals surface area contributed by atoms with Crippen LogP contribution in [0.2, 0.25) is 0 Å². The van der Waals surface area contributed by atoms with Crippen LogP contribution in [0.3, 0.4) is 0 Å². The predicted octanol–water partition coefficient (Wildman–Crippen LogP) is 6.98. The van der Waals surface area contributed by atoms with Gasteiger partial charge in [-0.25, -0.2) is 4.79 Å². The molecule has 0 saturated carbocycles. The minimum Gasteiger partial charge on any atom is -0.479 e. The Balaban J connectivity index is 1.53. The van der Waals surface area contributed by atoms with Gasteiger partial charge in [0.05, 0.1) is 0 Å². The van der Waals surface area contributed by atoms with Crippen LogP contribution in [0.1, 0.15) is 60.8 Å². The maximum Gasteiger partial charge on any atom is 0.341 e. The smallest absolute Gasteiger partial charge is 0.341 e. The number of aliphatic carboxylic acids is 1. The molecule has 174 valence electrons. The molecule has 1 unspecified atom stereocenters. The molecule has 0 aliphatic carbocycles. The zero-order valence-electron chi connectivity index (χ0n) is 19.7. The van der Waals surface area contributed by atoms with E-state index in [0.717, 1.165) is 42.4 Å². The van der Waals surface area contributed by atoms with E-state index in [1.54, 1.807) is 0 Å². The van der Waals surface area contributed by atoms with E-state index < -0.39 is 11.6 Å². The van der Waals surface area contributed by atoms with Crippen LogP contribution in [0.4, 0.5) is 0 Å². The Bertz CT molecular complexity index is 968. The number of carbonyl (C=O) groups is 1. The van der Waals surface area contributed by atoms with Crippen molar-refractivity contribution in [1.82, 2.24) is 0 Å². The molecule has 0 bridgehead atoms. The highest BCUT2D eigenvalue weighted by Gasteiger charge is 2.42. The summed E-state index contributed by atoms with van der Waals surface area (Å²) in [5.41, 5.74) is 2.83.